The Bertz CT molecular complexity index is 533. The van der Waals surface area contributed by atoms with Gasteiger partial charge in [0.25, 0.3) is 5.91 Å². The summed E-state index contributed by atoms with van der Waals surface area (Å²) in [7, 11) is 0. The molecular weight excluding hydrogens is 252 g/mol. The molecule has 0 atom stereocenters. The van der Waals surface area contributed by atoms with Crippen molar-refractivity contribution in [1.29, 1.82) is 0 Å². The molecule has 1 aliphatic carbocycles. The number of nitrogens with zero attached hydrogens (tertiary/aromatic N) is 1. The number of hydrogen-bond acceptors (Lipinski definition) is 2. The Morgan fingerprint density at radius 1 is 1.20 bits per heavy atom. The molecule has 4 nitrogen and oxygen atoms in total. The molecule has 1 aromatic carbocycles. The molecule has 1 aliphatic heterocycles. The van der Waals surface area contributed by atoms with Crippen molar-refractivity contribution in [3.05, 3.63) is 35.4 Å². The third kappa shape index (κ3) is 2.42. The van der Waals surface area contributed by atoms with Crippen molar-refractivity contribution in [3.8, 4) is 0 Å². The first-order chi connectivity index (χ1) is 9.65. The van der Waals surface area contributed by atoms with Crippen LogP contribution < -0.4 is 5.73 Å². The molecule has 0 unspecified atom stereocenters. The fourth-order valence-electron chi connectivity index (χ4n) is 3.40. The Morgan fingerprint density at radius 2 is 1.90 bits per heavy atom. The highest BCUT2D eigenvalue weighted by atomic mass is 16.2. The molecule has 2 amide bonds. The van der Waals surface area contributed by atoms with Crippen LogP contribution in [0.25, 0.3) is 0 Å². The van der Waals surface area contributed by atoms with E-state index < -0.39 is 0 Å². The minimum atomic E-state index is -0.173. The molecule has 0 aromatic heterocycles. The van der Waals surface area contributed by atoms with Crippen molar-refractivity contribution in [2.45, 2.75) is 32.2 Å². The van der Waals surface area contributed by atoms with E-state index in [1.165, 1.54) is 0 Å². The van der Waals surface area contributed by atoms with Gasteiger partial charge < -0.3 is 10.6 Å². The van der Waals surface area contributed by atoms with Crippen LogP contribution in [0.5, 0.6) is 0 Å². The zero-order chi connectivity index (χ0) is 14.1. The van der Waals surface area contributed by atoms with E-state index in [9.17, 15) is 9.59 Å². The largest absolute Gasteiger partial charge is 0.369 e. The summed E-state index contributed by atoms with van der Waals surface area (Å²) >= 11 is 0. The normalized spacial score (nSPS) is 25.6. The van der Waals surface area contributed by atoms with Gasteiger partial charge in [0.2, 0.25) is 5.91 Å². The van der Waals surface area contributed by atoms with Crippen molar-refractivity contribution in [2.75, 3.05) is 6.54 Å². The van der Waals surface area contributed by atoms with E-state index >= 15 is 0 Å². The molecule has 1 aromatic rings. The molecule has 0 radical (unpaired) electrons. The van der Waals surface area contributed by atoms with Crippen LogP contribution >= 0.6 is 0 Å². The van der Waals surface area contributed by atoms with Crippen LogP contribution in [0.3, 0.4) is 0 Å². The van der Waals surface area contributed by atoms with E-state index in [1.54, 1.807) is 0 Å². The summed E-state index contributed by atoms with van der Waals surface area (Å²) in [5, 5.41) is 0. The number of rotatable bonds is 3. The van der Waals surface area contributed by atoms with E-state index in [1.807, 2.05) is 29.2 Å². The number of carbonyl (C=O) groups excluding carboxylic acids is 2. The first-order valence-electron chi connectivity index (χ1n) is 7.31. The molecule has 2 N–H and O–H groups in total. The third-order valence-corrected chi connectivity index (χ3v) is 4.62. The second-order valence-corrected chi connectivity index (χ2v) is 5.96. The summed E-state index contributed by atoms with van der Waals surface area (Å²) in [6.45, 7) is 1.53. The maximum atomic E-state index is 12.3. The van der Waals surface area contributed by atoms with Crippen LogP contribution in [-0.2, 0) is 11.3 Å². The van der Waals surface area contributed by atoms with Crippen molar-refractivity contribution in [3.63, 3.8) is 0 Å². The molecule has 106 valence electrons. The van der Waals surface area contributed by atoms with Gasteiger partial charge in [-0.15, -0.1) is 0 Å². The predicted molar refractivity (Wildman–Crippen MR) is 75.8 cm³/mol. The highest BCUT2D eigenvalue weighted by molar-refractivity contribution is 5.98. The molecule has 20 heavy (non-hydrogen) atoms. The number of carbonyl (C=O) groups is 2. The first-order valence-corrected chi connectivity index (χ1v) is 7.31. The van der Waals surface area contributed by atoms with Crippen molar-refractivity contribution < 1.29 is 9.59 Å². The molecule has 0 saturated heterocycles. The first kappa shape index (κ1) is 13.2. The molecule has 2 aliphatic rings. The zero-order valence-electron chi connectivity index (χ0n) is 11.5. The van der Waals surface area contributed by atoms with Crippen LogP contribution in [0, 0.1) is 11.8 Å². The van der Waals surface area contributed by atoms with Gasteiger partial charge in [0.15, 0.2) is 0 Å². The Labute approximate surface area is 118 Å². The topological polar surface area (TPSA) is 63.4 Å². The van der Waals surface area contributed by atoms with Gasteiger partial charge >= 0.3 is 0 Å². The summed E-state index contributed by atoms with van der Waals surface area (Å²) < 4.78 is 0. The maximum Gasteiger partial charge on any atom is 0.254 e. The lowest BCUT2D eigenvalue weighted by Gasteiger charge is -2.29. The quantitative estimate of drug-likeness (QED) is 0.914. The molecule has 1 saturated carbocycles. The summed E-state index contributed by atoms with van der Waals surface area (Å²) in [6, 6.07) is 7.82. The molecule has 4 heteroatoms. The molecule has 1 heterocycles. The van der Waals surface area contributed by atoms with Crippen LogP contribution in [-0.4, -0.2) is 23.3 Å². The Kier molecular flexibility index (Phi) is 3.47. The summed E-state index contributed by atoms with van der Waals surface area (Å²) in [5.74, 6) is 0.521. The Morgan fingerprint density at radius 3 is 2.55 bits per heavy atom. The number of hydrogen-bond donors (Lipinski definition) is 1. The number of amides is 2. The van der Waals surface area contributed by atoms with E-state index in [4.69, 9.17) is 5.73 Å². The Hall–Kier alpha value is -1.84. The van der Waals surface area contributed by atoms with E-state index in [0.29, 0.717) is 5.92 Å². The van der Waals surface area contributed by atoms with E-state index in [0.717, 1.165) is 49.9 Å². The molecular formula is C16H20N2O2. The van der Waals surface area contributed by atoms with Gasteiger partial charge in [0.05, 0.1) is 0 Å². The summed E-state index contributed by atoms with van der Waals surface area (Å²) in [5.41, 5.74) is 7.33. The van der Waals surface area contributed by atoms with Gasteiger partial charge in [-0.1, -0.05) is 18.2 Å². The second-order valence-electron chi connectivity index (χ2n) is 5.96. The van der Waals surface area contributed by atoms with Crippen molar-refractivity contribution >= 4 is 11.8 Å². The third-order valence-electron chi connectivity index (χ3n) is 4.62. The fraction of sp³-hybridized carbons (Fsp3) is 0.500. The molecule has 0 bridgehead atoms. The van der Waals surface area contributed by atoms with Gasteiger partial charge in [-0.05, 0) is 43.2 Å². The van der Waals surface area contributed by atoms with Crippen molar-refractivity contribution in [1.82, 2.24) is 4.90 Å². The highest BCUT2D eigenvalue weighted by Crippen LogP contribution is 2.31. The standard InChI is InChI=1S/C16H20N2O2/c17-15(19)12-7-5-11(6-8-12)9-18-10-13-3-1-2-4-14(13)16(18)20/h1-4,11-12H,5-10H2,(H2,17,19). The van der Waals surface area contributed by atoms with Gasteiger partial charge in [-0.3, -0.25) is 9.59 Å². The smallest absolute Gasteiger partial charge is 0.254 e. The molecule has 3 rings (SSSR count). The monoisotopic (exact) mass is 272 g/mol. The average molecular weight is 272 g/mol. The molecule has 1 fully saturated rings. The predicted octanol–water partition coefficient (Wildman–Crippen LogP) is 1.93. The van der Waals surface area contributed by atoms with Crippen LogP contribution in [0.2, 0.25) is 0 Å². The lowest BCUT2D eigenvalue weighted by atomic mass is 9.81. The number of benzene rings is 1. The minimum Gasteiger partial charge on any atom is -0.369 e. The highest BCUT2D eigenvalue weighted by Gasteiger charge is 2.31. The van der Waals surface area contributed by atoms with Crippen LogP contribution in [0.4, 0.5) is 0 Å². The van der Waals surface area contributed by atoms with Crippen molar-refractivity contribution in [2.24, 2.45) is 17.6 Å². The fourth-order valence-corrected chi connectivity index (χ4v) is 3.40. The van der Waals surface area contributed by atoms with Gasteiger partial charge in [0, 0.05) is 24.6 Å². The number of nitrogens with two attached hydrogens (primary N) is 1. The Balaban J connectivity index is 1.59. The molecule has 0 spiro atoms. The summed E-state index contributed by atoms with van der Waals surface area (Å²) in [4.78, 5) is 25.4. The lowest BCUT2D eigenvalue weighted by molar-refractivity contribution is -0.123. The second kappa shape index (κ2) is 5.27. The SMILES string of the molecule is NC(=O)C1CCC(CN2Cc3ccccc3C2=O)CC1. The van der Waals surface area contributed by atoms with Gasteiger partial charge in [-0.2, -0.15) is 0 Å². The summed E-state index contributed by atoms with van der Waals surface area (Å²) in [6.07, 6.45) is 3.73. The van der Waals surface area contributed by atoms with Gasteiger partial charge in [0.1, 0.15) is 0 Å². The number of fused-ring (bicyclic) bond motifs is 1. The van der Waals surface area contributed by atoms with Crippen LogP contribution in [0.1, 0.15) is 41.6 Å². The maximum absolute atomic E-state index is 12.3. The number of primary amides is 1. The average Bonchev–Trinajstić information content (AvgIpc) is 2.77. The van der Waals surface area contributed by atoms with E-state index in [2.05, 4.69) is 0 Å². The van der Waals surface area contributed by atoms with E-state index in [-0.39, 0.29) is 17.7 Å². The zero-order valence-corrected chi connectivity index (χ0v) is 11.5. The lowest BCUT2D eigenvalue weighted by Crippen LogP contribution is -2.34. The van der Waals surface area contributed by atoms with Crippen LogP contribution in [0.15, 0.2) is 24.3 Å². The minimum absolute atomic E-state index is 0.0396. The van der Waals surface area contributed by atoms with Gasteiger partial charge in [-0.25, -0.2) is 0 Å².